The van der Waals surface area contributed by atoms with Crippen molar-refractivity contribution >= 4 is 45.3 Å². The Hall–Kier alpha value is -3.18. The van der Waals surface area contributed by atoms with Crippen LogP contribution in [0.25, 0.3) is 10.2 Å². The van der Waals surface area contributed by atoms with E-state index in [1.807, 2.05) is 0 Å². The molecule has 27 heavy (non-hydrogen) atoms. The van der Waals surface area contributed by atoms with Gasteiger partial charge in [0.25, 0.3) is 5.91 Å². The highest BCUT2D eigenvalue weighted by atomic mass is 32.1. The second kappa shape index (κ2) is 7.21. The van der Waals surface area contributed by atoms with E-state index >= 15 is 0 Å². The maximum absolute atomic E-state index is 12.5. The van der Waals surface area contributed by atoms with Gasteiger partial charge in [-0.25, -0.2) is 9.78 Å². The van der Waals surface area contributed by atoms with Crippen molar-refractivity contribution < 1.29 is 24.2 Å². The number of nitrogens with one attached hydrogen (secondary N) is 2. The highest BCUT2D eigenvalue weighted by Gasteiger charge is 2.17. The number of nitrogens with zero attached hydrogens (tertiary/aromatic N) is 3. The van der Waals surface area contributed by atoms with Crippen LogP contribution in [0.3, 0.4) is 0 Å². The lowest BCUT2D eigenvalue weighted by molar-refractivity contribution is 0.102. The number of anilines is 2. The minimum atomic E-state index is -1.40. The summed E-state index contributed by atoms with van der Waals surface area (Å²) in [6.07, 6.45) is 0.111. The van der Waals surface area contributed by atoms with Gasteiger partial charge in [0.05, 0.1) is 24.2 Å². The smallest absolute Gasteiger partial charge is 0.449 e. The van der Waals surface area contributed by atoms with E-state index in [0.717, 1.165) is 30.2 Å². The largest absolute Gasteiger partial charge is 0.512 e. The Morgan fingerprint density at radius 2 is 2.15 bits per heavy atom. The molecular formula is C16H15N5O5S. The molecule has 4 heterocycles. The summed E-state index contributed by atoms with van der Waals surface area (Å²) in [4.78, 5) is 30.1. The number of thiophene rings is 1. The number of amides is 1. The van der Waals surface area contributed by atoms with Crippen LogP contribution >= 0.6 is 11.3 Å². The first-order valence-electron chi connectivity index (χ1n) is 8.09. The van der Waals surface area contributed by atoms with E-state index in [2.05, 4.69) is 30.1 Å². The monoisotopic (exact) mass is 389 g/mol. The fourth-order valence-corrected chi connectivity index (χ4v) is 3.55. The van der Waals surface area contributed by atoms with E-state index in [-0.39, 0.29) is 11.0 Å². The minimum Gasteiger partial charge on any atom is -0.449 e. The zero-order valence-electron chi connectivity index (χ0n) is 14.0. The first-order valence-corrected chi connectivity index (χ1v) is 8.90. The third-order valence-corrected chi connectivity index (χ3v) is 4.92. The molecule has 0 spiro atoms. The Morgan fingerprint density at radius 3 is 2.85 bits per heavy atom. The van der Waals surface area contributed by atoms with Crippen LogP contribution < -0.4 is 15.0 Å². The molecule has 0 saturated carbocycles. The van der Waals surface area contributed by atoms with Crippen molar-refractivity contribution in [1.82, 2.24) is 15.2 Å². The van der Waals surface area contributed by atoms with Gasteiger partial charge >= 0.3 is 6.16 Å². The Bertz CT molecular complexity index is 977. The molecule has 140 valence electrons. The molecule has 1 aliphatic rings. The summed E-state index contributed by atoms with van der Waals surface area (Å²) in [5, 5.41) is 18.9. The van der Waals surface area contributed by atoms with Gasteiger partial charge in [0.1, 0.15) is 10.6 Å². The maximum atomic E-state index is 12.5. The van der Waals surface area contributed by atoms with Gasteiger partial charge < -0.3 is 24.8 Å². The normalized spacial score (nSPS) is 14.3. The summed E-state index contributed by atoms with van der Waals surface area (Å²) in [6, 6.07) is 5.00. The van der Waals surface area contributed by atoms with Gasteiger partial charge in [-0.3, -0.25) is 9.89 Å². The number of aromatic amines is 1. The summed E-state index contributed by atoms with van der Waals surface area (Å²) in [7, 11) is 0. The van der Waals surface area contributed by atoms with Crippen molar-refractivity contribution in [2.45, 2.75) is 0 Å². The second-order valence-corrected chi connectivity index (χ2v) is 6.72. The molecule has 0 unspecified atom stereocenters. The molecule has 10 nitrogen and oxygen atoms in total. The van der Waals surface area contributed by atoms with Crippen molar-refractivity contribution in [3.63, 3.8) is 0 Å². The molecule has 1 saturated heterocycles. The number of carbonyl (C=O) groups excluding carboxylic acids is 1. The Balaban J connectivity index is 1.47. The number of fused-ring (bicyclic) bond motifs is 1. The Morgan fingerprint density at radius 1 is 1.33 bits per heavy atom. The number of carboxylic acid groups (broad SMARTS) is 1. The fraction of sp³-hybridized carbons (Fsp3) is 0.250. The molecule has 3 N–H and O–H groups in total. The lowest BCUT2D eigenvalue weighted by Crippen LogP contribution is -2.36. The highest BCUT2D eigenvalue weighted by molar-refractivity contribution is 7.20. The fourth-order valence-electron chi connectivity index (χ4n) is 2.71. The first kappa shape index (κ1) is 17.2. The SMILES string of the molecule is O=C(O)Oc1cc2c(NC(=O)c3ccc(N4CCOCC4)nc3)n[nH]c2s1. The molecule has 3 aromatic heterocycles. The summed E-state index contributed by atoms with van der Waals surface area (Å²) >= 11 is 1.09. The molecule has 0 bridgehead atoms. The standard InChI is InChI=1S/C16H15N5O5S/c22-14(9-1-2-11(17-8-9)21-3-5-25-6-4-21)18-13-10-7-12(26-16(23)24)27-15(10)20-19-13/h1-2,7-8H,3-6H2,(H,23,24)(H2,18,19,20,22). The quantitative estimate of drug-likeness (QED) is 0.579. The van der Waals surface area contributed by atoms with Gasteiger partial charge in [-0.2, -0.15) is 5.10 Å². The van der Waals surface area contributed by atoms with Crippen molar-refractivity contribution in [3.8, 4) is 5.06 Å². The number of morpholine rings is 1. The van der Waals surface area contributed by atoms with Crippen LogP contribution in [-0.4, -0.2) is 58.7 Å². The van der Waals surface area contributed by atoms with Crippen molar-refractivity contribution in [1.29, 1.82) is 0 Å². The van der Waals surface area contributed by atoms with E-state index in [1.54, 1.807) is 12.1 Å². The van der Waals surface area contributed by atoms with Crippen LogP contribution in [0.15, 0.2) is 24.4 Å². The third kappa shape index (κ3) is 3.68. The van der Waals surface area contributed by atoms with E-state index in [9.17, 15) is 9.59 Å². The van der Waals surface area contributed by atoms with Gasteiger partial charge in [-0.1, -0.05) is 11.3 Å². The van der Waals surface area contributed by atoms with Crippen LogP contribution in [0, 0.1) is 0 Å². The van der Waals surface area contributed by atoms with Crippen LogP contribution in [0.4, 0.5) is 16.4 Å². The van der Waals surface area contributed by atoms with E-state index < -0.39 is 6.16 Å². The topological polar surface area (TPSA) is 130 Å². The number of hydrogen-bond acceptors (Lipinski definition) is 8. The predicted octanol–water partition coefficient (Wildman–Crippen LogP) is 2.17. The molecule has 11 heteroatoms. The molecule has 1 aliphatic heterocycles. The van der Waals surface area contributed by atoms with Gasteiger partial charge in [0.15, 0.2) is 10.9 Å². The van der Waals surface area contributed by atoms with Crippen molar-refractivity contribution in [2.24, 2.45) is 0 Å². The number of carbonyl (C=O) groups is 2. The molecule has 0 radical (unpaired) electrons. The van der Waals surface area contributed by atoms with Crippen LogP contribution in [-0.2, 0) is 4.74 Å². The predicted molar refractivity (Wildman–Crippen MR) is 97.8 cm³/mol. The summed E-state index contributed by atoms with van der Waals surface area (Å²) in [5.74, 6) is 0.727. The molecule has 1 fully saturated rings. The molecule has 0 aromatic carbocycles. The van der Waals surface area contributed by atoms with Gasteiger partial charge in [0, 0.05) is 25.4 Å². The Kier molecular flexibility index (Phi) is 4.60. The number of aromatic nitrogens is 3. The number of hydrogen-bond donors (Lipinski definition) is 3. The van der Waals surface area contributed by atoms with E-state index in [4.69, 9.17) is 9.84 Å². The van der Waals surface area contributed by atoms with Crippen LogP contribution in [0.5, 0.6) is 5.06 Å². The summed E-state index contributed by atoms with van der Waals surface area (Å²) in [5.41, 5.74) is 0.389. The average Bonchev–Trinajstić information content (AvgIpc) is 3.23. The zero-order valence-corrected chi connectivity index (χ0v) is 14.8. The maximum Gasteiger partial charge on any atom is 0.512 e. The summed E-state index contributed by atoms with van der Waals surface area (Å²) in [6.45, 7) is 2.85. The molecule has 3 aromatic rings. The molecular weight excluding hydrogens is 374 g/mol. The lowest BCUT2D eigenvalue weighted by atomic mass is 10.2. The average molecular weight is 389 g/mol. The van der Waals surface area contributed by atoms with E-state index in [0.29, 0.717) is 34.8 Å². The number of rotatable bonds is 4. The third-order valence-electron chi connectivity index (χ3n) is 4.00. The number of pyridine rings is 1. The highest BCUT2D eigenvalue weighted by Crippen LogP contribution is 2.34. The van der Waals surface area contributed by atoms with E-state index in [1.165, 1.54) is 12.3 Å². The van der Waals surface area contributed by atoms with Gasteiger partial charge in [-0.05, 0) is 12.1 Å². The summed E-state index contributed by atoms with van der Waals surface area (Å²) < 4.78 is 9.94. The minimum absolute atomic E-state index is 0.193. The number of H-pyrrole nitrogens is 1. The Labute approximate surface area is 156 Å². The second-order valence-electron chi connectivity index (χ2n) is 5.71. The van der Waals surface area contributed by atoms with Crippen LogP contribution in [0.2, 0.25) is 0 Å². The van der Waals surface area contributed by atoms with Gasteiger partial charge in [0.2, 0.25) is 0 Å². The zero-order chi connectivity index (χ0) is 18.8. The molecule has 1 amide bonds. The number of ether oxygens (including phenoxy) is 2. The molecule has 4 rings (SSSR count). The van der Waals surface area contributed by atoms with Gasteiger partial charge in [-0.15, -0.1) is 0 Å². The molecule has 0 aliphatic carbocycles. The molecule has 0 atom stereocenters. The first-order chi connectivity index (χ1) is 13.1. The van der Waals surface area contributed by atoms with Crippen molar-refractivity contribution in [3.05, 3.63) is 30.0 Å². The van der Waals surface area contributed by atoms with Crippen LogP contribution in [0.1, 0.15) is 10.4 Å². The lowest BCUT2D eigenvalue weighted by Gasteiger charge is -2.27. The van der Waals surface area contributed by atoms with Crippen molar-refractivity contribution in [2.75, 3.05) is 36.5 Å².